The van der Waals surface area contributed by atoms with Crippen LogP contribution in [0.2, 0.25) is 0 Å². The highest BCUT2D eigenvalue weighted by Gasteiger charge is 2.34. The minimum Gasteiger partial charge on any atom is -0.360 e. The first-order valence-electron chi connectivity index (χ1n) is 8.36. The van der Waals surface area contributed by atoms with Crippen LogP contribution in [-0.4, -0.2) is 55.2 Å². The molecule has 0 aromatic carbocycles. The number of carbonyl (C=O) groups excluding carboxylic acids is 1. The van der Waals surface area contributed by atoms with Gasteiger partial charge in [0.2, 0.25) is 10.0 Å². The first kappa shape index (κ1) is 17.4. The first-order valence-corrected chi connectivity index (χ1v) is 9.97. The molecule has 2 atom stereocenters. The molecular formula is C15H24N4O4S. The quantitative estimate of drug-likeness (QED) is 0.756. The second-order valence-corrected chi connectivity index (χ2v) is 8.79. The molecule has 9 heteroatoms. The predicted molar refractivity (Wildman–Crippen MR) is 87.9 cm³/mol. The lowest BCUT2D eigenvalue weighted by Crippen LogP contribution is -2.52. The fraction of sp³-hybridized carbons (Fsp3) is 0.733. The highest BCUT2D eigenvalue weighted by Crippen LogP contribution is 2.40. The van der Waals surface area contributed by atoms with E-state index in [-0.39, 0.29) is 30.2 Å². The highest BCUT2D eigenvalue weighted by atomic mass is 32.2. The van der Waals surface area contributed by atoms with Crippen LogP contribution in [0.3, 0.4) is 0 Å². The van der Waals surface area contributed by atoms with Crippen molar-refractivity contribution in [2.75, 3.05) is 25.4 Å². The molecule has 1 aromatic heterocycles. The van der Waals surface area contributed by atoms with E-state index in [0.29, 0.717) is 31.1 Å². The zero-order valence-electron chi connectivity index (χ0n) is 13.8. The SMILES string of the molecule is C[C@H]1CN(S(=O)(=O)CCN)CCC1NC(=O)c1cc(C2CC2)on1. The molecule has 1 aliphatic carbocycles. The summed E-state index contributed by atoms with van der Waals surface area (Å²) in [6.45, 7) is 2.83. The van der Waals surface area contributed by atoms with Crippen LogP contribution in [0.1, 0.15) is 48.4 Å². The standard InChI is InChI=1S/C15H24N4O4S/c1-10-9-19(24(21,22)7-5-16)6-4-12(10)17-15(20)13-8-14(23-18-13)11-2-3-11/h8,10-12H,2-7,9,16H2,1H3,(H,17,20)/t10-,12?/m0/s1. The Balaban J connectivity index is 1.57. The minimum atomic E-state index is -3.30. The van der Waals surface area contributed by atoms with Gasteiger partial charge in [-0.3, -0.25) is 4.79 Å². The number of piperidine rings is 1. The van der Waals surface area contributed by atoms with Crippen LogP contribution in [0, 0.1) is 5.92 Å². The molecule has 1 saturated carbocycles. The Labute approximate surface area is 141 Å². The third-order valence-corrected chi connectivity index (χ3v) is 6.56. The lowest BCUT2D eigenvalue weighted by atomic mass is 9.95. The van der Waals surface area contributed by atoms with E-state index in [4.69, 9.17) is 10.3 Å². The summed E-state index contributed by atoms with van der Waals surface area (Å²) in [7, 11) is -3.30. The third-order valence-electron chi connectivity index (χ3n) is 4.69. The average Bonchev–Trinajstić information content (AvgIpc) is 3.26. The van der Waals surface area contributed by atoms with Crippen molar-refractivity contribution in [2.45, 2.75) is 38.1 Å². The lowest BCUT2D eigenvalue weighted by molar-refractivity contribution is 0.0892. The van der Waals surface area contributed by atoms with Gasteiger partial charge in [0.05, 0.1) is 5.75 Å². The molecule has 24 heavy (non-hydrogen) atoms. The molecule has 1 aromatic rings. The fourth-order valence-electron chi connectivity index (χ4n) is 3.05. The normalized spacial score (nSPS) is 25.6. The Hall–Kier alpha value is -1.45. The van der Waals surface area contributed by atoms with Gasteiger partial charge in [-0.1, -0.05) is 12.1 Å². The molecular weight excluding hydrogens is 332 g/mol. The maximum Gasteiger partial charge on any atom is 0.273 e. The average molecular weight is 356 g/mol. The van der Waals surface area contributed by atoms with Crippen molar-refractivity contribution in [2.24, 2.45) is 11.7 Å². The molecule has 3 N–H and O–H groups in total. The summed E-state index contributed by atoms with van der Waals surface area (Å²) in [6.07, 6.45) is 2.75. The molecule has 1 amide bonds. The summed E-state index contributed by atoms with van der Waals surface area (Å²) in [5.41, 5.74) is 5.66. The van der Waals surface area contributed by atoms with E-state index >= 15 is 0 Å². The van der Waals surface area contributed by atoms with Crippen LogP contribution in [0.25, 0.3) is 0 Å². The number of nitrogens with two attached hydrogens (primary N) is 1. The van der Waals surface area contributed by atoms with Crippen molar-refractivity contribution in [3.05, 3.63) is 17.5 Å². The number of carbonyl (C=O) groups is 1. The lowest BCUT2D eigenvalue weighted by Gasteiger charge is -2.36. The van der Waals surface area contributed by atoms with Crippen LogP contribution in [0.4, 0.5) is 0 Å². The van der Waals surface area contributed by atoms with Gasteiger partial charge in [-0.2, -0.15) is 0 Å². The van der Waals surface area contributed by atoms with Crippen LogP contribution < -0.4 is 11.1 Å². The Bertz CT molecular complexity index is 698. The molecule has 0 radical (unpaired) electrons. The molecule has 2 fully saturated rings. The third kappa shape index (κ3) is 3.79. The molecule has 134 valence electrons. The van der Waals surface area contributed by atoms with Crippen molar-refractivity contribution >= 4 is 15.9 Å². The van der Waals surface area contributed by atoms with Gasteiger partial charge in [0.15, 0.2) is 5.69 Å². The summed E-state index contributed by atoms with van der Waals surface area (Å²) >= 11 is 0. The zero-order chi connectivity index (χ0) is 17.3. The molecule has 1 saturated heterocycles. The van der Waals surface area contributed by atoms with Crippen molar-refractivity contribution < 1.29 is 17.7 Å². The van der Waals surface area contributed by atoms with E-state index in [2.05, 4.69) is 10.5 Å². The predicted octanol–water partition coefficient (Wildman–Crippen LogP) is 0.281. The minimum absolute atomic E-state index is 0.0186. The van der Waals surface area contributed by atoms with Crippen LogP contribution in [-0.2, 0) is 10.0 Å². The fourth-order valence-corrected chi connectivity index (χ4v) is 4.45. The largest absolute Gasteiger partial charge is 0.360 e. The van der Waals surface area contributed by atoms with E-state index in [1.165, 1.54) is 4.31 Å². The zero-order valence-corrected chi connectivity index (χ0v) is 14.6. The first-order chi connectivity index (χ1) is 11.4. The molecule has 1 unspecified atom stereocenters. The van der Waals surface area contributed by atoms with Crippen LogP contribution in [0.5, 0.6) is 0 Å². The monoisotopic (exact) mass is 356 g/mol. The molecule has 8 nitrogen and oxygen atoms in total. The summed E-state index contributed by atoms with van der Waals surface area (Å²) in [5.74, 6) is 0.898. The molecule has 2 heterocycles. The van der Waals surface area contributed by atoms with E-state index in [1.54, 1.807) is 6.07 Å². The van der Waals surface area contributed by atoms with Gasteiger partial charge in [0.25, 0.3) is 5.91 Å². The Morgan fingerprint density at radius 2 is 2.21 bits per heavy atom. The summed E-state index contributed by atoms with van der Waals surface area (Å²) in [4.78, 5) is 12.3. The topological polar surface area (TPSA) is 119 Å². The van der Waals surface area contributed by atoms with E-state index < -0.39 is 10.0 Å². The number of hydrogen-bond donors (Lipinski definition) is 2. The molecule has 0 spiro atoms. The number of aromatic nitrogens is 1. The van der Waals surface area contributed by atoms with Gasteiger partial charge in [-0.25, -0.2) is 12.7 Å². The number of sulfonamides is 1. The van der Waals surface area contributed by atoms with Gasteiger partial charge in [-0.05, 0) is 25.2 Å². The van der Waals surface area contributed by atoms with Crippen LogP contribution in [0.15, 0.2) is 10.6 Å². The molecule has 3 rings (SSSR count). The Morgan fingerprint density at radius 3 is 2.83 bits per heavy atom. The second kappa shape index (κ2) is 6.81. The summed E-state index contributed by atoms with van der Waals surface area (Å²) < 4.78 is 30.9. The summed E-state index contributed by atoms with van der Waals surface area (Å²) in [5, 5.41) is 6.79. The van der Waals surface area contributed by atoms with E-state index in [1.807, 2.05) is 6.92 Å². The summed E-state index contributed by atoms with van der Waals surface area (Å²) in [6, 6.07) is 1.63. The van der Waals surface area contributed by atoms with Crippen molar-refractivity contribution in [1.82, 2.24) is 14.8 Å². The van der Waals surface area contributed by atoms with Gasteiger partial charge in [0, 0.05) is 37.7 Å². The molecule has 1 aliphatic heterocycles. The van der Waals surface area contributed by atoms with Crippen molar-refractivity contribution in [3.63, 3.8) is 0 Å². The number of nitrogens with one attached hydrogen (secondary N) is 1. The van der Waals surface area contributed by atoms with Gasteiger partial charge < -0.3 is 15.6 Å². The smallest absolute Gasteiger partial charge is 0.273 e. The second-order valence-electron chi connectivity index (χ2n) is 6.70. The van der Waals surface area contributed by atoms with Crippen LogP contribution >= 0.6 is 0 Å². The maximum atomic E-state index is 12.3. The van der Waals surface area contributed by atoms with E-state index in [0.717, 1.165) is 18.6 Å². The maximum absolute atomic E-state index is 12.3. The molecule has 0 bridgehead atoms. The highest BCUT2D eigenvalue weighted by molar-refractivity contribution is 7.89. The van der Waals surface area contributed by atoms with Gasteiger partial charge in [0.1, 0.15) is 5.76 Å². The van der Waals surface area contributed by atoms with Crippen molar-refractivity contribution in [3.8, 4) is 0 Å². The number of rotatable bonds is 6. The molecule has 2 aliphatic rings. The number of hydrogen-bond acceptors (Lipinski definition) is 6. The van der Waals surface area contributed by atoms with E-state index in [9.17, 15) is 13.2 Å². The van der Waals surface area contributed by atoms with Crippen molar-refractivity contribution in [1.29, 1.82) is 0 Å². The van der Waals surface area contributed by atoms with Gasteiger partial charge in [-0.15, -0.1) is 0 Å². The number of nitrogens with zero attached hydrogens (tertiary/aromatic N) is 2. The number of amides is 1. The Morgan fingerprint density at radius 1 is 1.46 bits per heavy atom. The Kier molecular flexibility index (Phi) is 4.93. The van der Waals surface area contributed by atoms with Gasteiger partial charge >= 0.3 is 0 Å².